The number of aliphatic hydroxyl groups is 1. The lowest BCUT2D eigenvalue weighted by Gasteiger charge is -2.60. The number of fused-ring (bicyclic) bond motifs is 3. The summed E-state index contributed by atoms with van der Waals surface area (Å²) in [7, 11) is 0. The van der Waals surface area contributed by atoms with Gasteiger partial charge in [0.05, 0.1) is 6.10 Å². The summed E-state index contributed by atoms with van der Waals surface area (Å²) in [4.78, 5) is 0. The lowest BCUT2D eigenvalue weighted by Crippen LogP contribution is -2.53. The van der Waals surface area contributed by atoms with E-state index >= 15 is 0 Å². The van der Waals surface area contributed by atoms with Crippen molar-refractivity contribution in [2.45, 2.75) is 65.4 Å². The van der Waals surface area contributed by atoms with Crippen molar-refractivity contribution in [1.29, 1.82) is 0 Å². The van der Waals surface area contributed by atoms with Crippen LogP contribution < -0.4 is 0 Å². The van der Waals surface area contributed by atoms with Crippen molar-refractivity contribution in [3.63, 3.8) is 0 Å². The van der Waals surface area contributed by atoms with Crippen LogP contribution >= 0.6 is 0 Å². The Bertz CT molecular complexity index is 357. The molecule has 5 atom stereocenters. The lowest BCUT2D eigenvalue weighted by atomic mass is 9.45. The predicted octanol–water partition coefficient (Wildman–Crippen LogP) is 4.17. The quantitative estimate of drug-likeness (QED) is 0.638. The Kier molecular flexibility index (Phi) is 2.89. The van der Waals surface area contributed by atoms with Gasteiger partial charge in [-0.05, 0) is 60.7 Å². The first kappa shape index (κ1) is 12.7. The van der Waals surface area contributed by atoms with E-state index in [4.69, 9.17) is 0 Å². The Morgan fingerprint density at radius 1 is 1.11 bits per heavy atom. The van der Waals surface area contributed by atoms with Crippen molar-refractivity contribution in [2.24, 2.45) is 28.6 Å². The summed E-state index contributed by atoms with van der Waals surface area (Å²) in [5.74, 6) is 2.11. The number of rotatable bonds is 0. The fourth-order valence-electron chi connectivity index (χ4n) is 5.74. The predicted molar refractivity (Wildman–Crippen MR) is 75.2 cm³/mol. The highest BCUT2D eigenvalue weighted by atomic mass is 16.3. The van der Waals surface area contributed by atoms with Crippen LogP contribution in [0.2, 0.25) is 0 Å². The molecule has 3 rings (SSSR count). The van der Waals surface area contributed by atoms with E-state index in [0.29, 0.717) is 16.7 Å². The number of hydrogen-bond donors (Lipinski definition) is 1. The summed E-state index contributed by atoms with van der Waals surface area (Å²) in [6.07, 6.45) is 12.0. The van der Waals surface area contributed by atoms with E-state index < -0.39 is 0 Å². The molecule has 3 aliphatic carbocycles. The average Bonchev–Trinajstić information content (AvgIpc) is 2.29. The molecule has 1 nitrogen and oxygen atoms in total. The molecule has 18 heavy (non-hydrogen) atoms. The van der Waals surface area contributed by atoms with Gasteiger partial charge in [0, 0.05) is 0 Å². The van der Waals surface area contributed by atoms with E-state index in [1.165, 1.54) is 38.5 Å². The van der Waals surface area contributed by atoms with Crippen molar-refractivity contribution >= 4 is 0 Å². The molecular weight excluding hydrogens is 220 g/mol. The molecule has 2 saturated carbocycles. The maximum atomic E-state index is 10.3. The molecular formula is C17H28O. The smallest absolute Gasteiger partial charge is 0.0752 e. The van der Waals surface area contributed by atoms with Gasteiger partial charge < -0.3 is 5.11 Å². The van der Waals surface area contributed by atoms with Crippen molar-refractivity contribution in [3.05, 3.63) is 12.2 Å². The molecule has 2 fully saturated rings. The summed E-state index contributed by atoms with van der Waals surface area (Å²) in [5, 5.41) is 10.3. The molecule has 0 bridgehead atoms. The Morgan fingerprint density at radius 3 is 2.67 bits per heavy atom. The molecule has 0 aliphatic heterocycles. The van der Waals surface area contributed by atoms with E-state index in [9.17, 15) is 5.11 Å². The third-order valence-corrected chi connectivity index (χ3v) is 6.59. The Morgan fingerprint density at radius 2 is 1.89 bits per heavy atom. The van der Waals surface area contributed by atoms with E-state index in [1.807, 2.05) is 6.08 Å². The second-order valence-corrected chi connectivity index (χ2v) is 7.90. The molecule has 0 radical (unpaired) electrons. The molecule has 0 aromatic rings. The fourth-order valence-corrected chi connectivity index (χ4v) is 5.74. The largest absolute Gasteiger partial charge is 0.389 e. The van der Waals surface area contributed by atoms with Gasteiger partial charge in [0.25, 0.3) is 0 Å². The standard InChI is InChI=1S/C17H28O/c1-16(2)10-5-11-17(3)13-6-4-7-14(18)12(13)8-9-15(16)17/h4,7,12-15,18H,5-6,8-11H2,1-3H3/t12-,13+,14+,15+,17-/m1/s1. The SMILES string of the molecule is CC1(C)CCC[C@]2(C)[C@H]3CC=C[C@H](O)[C@@H]3CC[C@@H]12. The van der Waals surface area contributed by atoms with E-state index in [1.54, 1.807) is 0 Å². The van der Waals surface area contributed by atoms with Crippen molar-refractivity contribution in [3.8, 4) is 0 Å². The van der Waals surface area contributed by atoms with Gasteiger partial charge in [-0.25, -0.2) is 0 Å². The van der Waals surface area contributed by atoms with Crippen molar-refractivity contribution in [2.75, 3.05) is 0 Å². The summed E-state index contributed by atoms with van der Waals surface area (Å²) in [5.41, 5.74) is 0.973. The molecule has 1 N–H and O–H groups in total. The molecule has 0 saturated heterocycles. The van der Waals surface area contributed by atoms with Gasteiger partial charge in [-0.2, -0.15) is 0 Å². The first-order chi connectivity index (χ1) is 8.45. The zero-order valence-corrected chi connectivity index (χ0v) is 12.2. The third kappa shape index (κ3) is 1.70. The van der Waals surface area contributed by atoms with Crippen LogP contribution in [-0.4, -0.2) is 11.2 Å². The molecule has 0 spiro atoms. The van der Waals surface area contributed by atoms with E-state index in [-0.39, 0.29) is 6.10 Å². The zero-order valence-electron chi connectivity index (χ0n) is 12.2. The fraction of sp³-hybridized carbons (Fsp3) is 0.882. The highest BCUT2D eigenvalue weighted by molar-refractivity contribution is 5.11. The summed E-state index contributed by atoms with van der Waals surface area (Å²) < 4.78 is 0. The highest BCUT2D eigenvalue weighted by Gasteiger charge is 2.55. The van der Waals surface area contributed by atoms with Crippen LogP contribution in [0.1, 0.15) is 59.3 Å². The van der Waals surface area contributed by atoms with E-state index in [2.05, 4.69) is 26.8 Å². The van der Waals surface area contributed by atoms with E-state index in [0.717, 1.165) is 11.8 Å². The van der Waals surface area contributed by atoms with Crippen LogP contribution in [0.5, 0.6) is 0 Å². The second kappa shape index (κ2) is 4.10. The lowest BCUT2D eigenvalue weighted by molar-refractivity contribution is -0.116. The number of aliphatic hydroxyl groups excluding tert-OH is 1. The molecule has 0 amide bonds. The topological polar surface area (TPSA) is 20.2 Å². The minimum Gasteiger partial charge on any atom is -0.389 e. The first-order valence-corrected chi connectivity index (χ1v) is 7.80. The monoisotopic (exact) mass is 248 g/mol. The normalized spacial score (nSPS) is 50.4. The number of hydrogen-bond acceptors (Lipinski definition) is 1. The first-order valence-electron chi connectivity index (χ1n) is 7.80. The average molecular weight is 248 g/mol. The molecule has 3 aliphatic rings. The maximum absolute atomic E-state index is 10.3. The van der Waals surface area contributed by atoms with Gasteiger partial charge in [0.2, 0.25) is 0 Å². The van der Waals surface area contributed by atoms with Gasteiger partial charge >= 0.3 is 0 Å². The molecule has 0 unspecified atom stereocenters. The van der Waals surface area contributed by atoms with Crippen LogP contribution in [0.4, 0.5) is 0 Å². The molecule has 0 aromatic heterocycles. The Labute approximate surface area is 112 Å². The van der Waals surface area contributed by atoms with Gasteiger partial charge in [0.1, 0.15) is 0 Å². The van der Waals surface area contributed by atoms with Gasteiger partial charge in [-0.1, -0.05) is 39.3 Å². The van der Waals surface area contributed by atoms with Crippen molar-refractivity contribution in [1.82, 2.24) is 0 Å². The third-order valence-electron chi connectivity index (χ3n) is 6.59. The van der Waals surface area contributed by atoms with Crippen LogP contribution in [0.3, 0.4) is 0 Å². The minimum atomic E-state index is -0.174. The van der Waals surface area contributed by atoms with Crippen LogP contribution in [-0.2, 0) is 0 Å². The Hall–Kier alpha value is -0.300. The Balaban J connectivity index is 1.95. The van der Waals surface area contributed by atoms with Gasteiger partial charge in [0.15, 0.2) is 0 Å². The number of allylic oxidation sites excluding steroid dienone is 1. The summed E-state index contributed by atoms with van der Waals surface area (Å²) >= 11 is 0. The van der Waals surface area contributed by atoms with Gasteiger partial charge in [-0.15, -0.1) is 0 Å². The summed E-state index contributed by atoms with van der Waals surface area (Å²) in [6.45, 7) is 7.48. The van der Waals surface area contributed by atoms with Crippen LogP contribution in [0.15, 0.2) is 12.2 Å². The van der Waals surface area contributed by atoms with Crippen LogP contribution in [0, 0.1) is 28.6 Å². The second-order valence-electron chi connectivity index (χ2n) is 7.90. The molecule has 1 heteroatoms. The van der Waals surface area contributed by atoms with Crippen molar-refractivity contribution < 1.29 is 5.11 Å². The summed E-state index contributed by atoms with van der Waals surface area (Å²) in [6, 6.07) is 0. The minimum absolute atomic E-state index is 0.174. The van der Waals surface area contributed by atoms with Gasteiger partial charge in [-0.3, -0.25) is 0 Å². The maximum Gasteiger partial charge on any atom is 0.0752 e. The molecule has 102 valence electrons. The zero-order chi connectivity index (χ0) is 13.0. The molecule has 0 heterocycles. The highest BCUT2D eigenvalue weighted by Crippen LogP contribution is 2.62. The molecule has 0 aromatic carbocycles. The van der Waals surface area contributed by atoms with Crippen LogP contribution in [0.25, 0.3) is 0 Å².